The molecule has 8 heteroatoms. The molecule has 0 unspecified atom stereocenters. The van der Waals surface area contributed by atoms with E-state index in [0.717, 1.165) is 55.8 Å². The molecule has 1 aromatic carbocycles. The molecule has 0 atom stereocenters. The van der Waals surface area contributed by atoms with Crippen LogP contribution in [-0.4, -0.2) is 67.3 Å². The Labute approximate surface area is 181 Å². The summed E-state index contributed by atoms with van der Waals surface area (Å²) in [6, 6.07) is 7.25. The summed E-state index contributed by atoms with van der Waals surface area (Å²) in [7, 11) is 1.62. The van der Waals surface area contributed by atoms with E-state index in [1.807, 2.05) is 29.2 Å². The normalized spacial score (nSPS) is 20.0. The maximum atomic E-state index is 13.0. The zero-order chi connectivity index (χ0) is 21.4. The summed E-state index contributed by atoms with van der Waals surface area (Å²) >= 11 is 0. The number of rotatable bonds is 3. The number of methoxy groups -OCH3 is 1. The minimum atomic E-state index is -0.110. The predicted molar refractivity (Wildman–Crippen MR) is 116 cm³/mol. The molecule has 1 N–H and O–H groups in total. The number of nitrogens with zero attached hydrogens (tertiary/aromatic N) is 3. The van der Waals surface area contributed by atoms with Crippen LogP contribution in [0.3, 0.4) is 0 Å². The van der Waals surface area contributed by atoms with Gasteiger partial charge in [-0.05, 0) is 49.9 Å². The number of carbonyl (C=O) groups is 1. The van der Waals surface area contributed by atoms with Crippen molar-refractivity contribution in [1.29, 1.82) is 0 Å². The van der Waals surface area contributed by atoms with Crippen molar-refractivity contribution < 1.29 is 14.3 Å². The topological polar surface area (TPSA) is 87.8 Å². The van der Waals surface area contributed by atoms with Gasteiger partial charge in [-0.1, -0.05) is 0 Å². The second-order valence-corrected chi connectivity index (χ2v) is 8.62. The van der Waals surface area contributed by atoms with Crippen LogP contribution in [0.25, 0.3) is 0 Å². The maximum absolute atomic E-state index is 13.0. The third kappa shape index (κ3) is 3.59. The Hall–Kier alpha value is -2.87. The molecule has 3 aliphatic rings. The van der Waals surface area contributed by atoms with E-state index in [-0.39, 0.29) is 16.9 Å². The van der Waals surface area contributed by atoms with Crippen LogP contribution in [0.2, 0.25) is 0 Å². The lowest BCUT2D eigenvalue weighted by molar-refractivity contribution is 0.0663. The summed E-state index contributed by atoms with van der Waals surface area (Å²) in [5.41, 5.74) is 2.33. The molecule has 0 radical (unpaired) electrons. The van der Waals surface area contributed by atoms with Crippen molar-refractivity contribution in [3.63, 3.8) is 0 Å². The van der Waals surface area contributed by atoms with Crippen molar-refractivity contribution in [2.75, 3.05) is 51.4 Å². The molecule has 5 rings (SSSR count). The van der Waals surface area contributed by atoms with Gasteiger partial charge >= 0.3 is 0 Å². The van der Waals surface area contributed by atoms with Crippen LogP contribution in [0.5, 0.6) is 5.75 Å². The first-order valence-electron chi connectivity index (χ1n) is 11.0. The Morgan fingerprint density at radius 1 is 1.10 bits per heavy atom. The van der Waals surface area contributed by atoms with Gasteiger partial charge in [0.15, 0.2) is 0 Å². The van der Waals surface area contributed by atoms with Crippen molar-refractivity contribution in [2.24, 2.45) is 0 Å². The molecule has 1 aliphatic carbocycles. The minimum absolute atomic E-state index is 0.0138. The molecule has 2 fully saturated rings. The molecule has 0 bridgehead atoms. The standard InChI is InChI=1S/C23H28N4O4/c1-30-17-4-2-16(3-5-17)21(29)26-10-8-23(9-11-26)7-6-18-19(23)24-22(25-20(18)28)27-12-14-31-15-13-27/h2-5H,6-15H2,1H3,(H,24,25,28). The first-order chi connectivity index (χ1) is 15.1. The van der Waals surface area contributed by atoms with Gasteiger partial charge in [-0.25, -0.2) is 4.98 Å². The lowest BCUT2D eigenvalue weighted by Gasteiger charge is -2.39. The average molecular weight is 425 g/mol. The van der Waals surface area contributed by atoms with E-state index in [9.17, 15) is 9.59 Å². The number of likely N-dealkylation sites (tertiary alicyclic amines) is 1. The second kappa shape index (κ2) is 8.00. The molecule has 2 aromatic rings. The minimum Gasteiger partial charge on any atom is -0.497 e. The van der Waals surface area contributed by atoms with E-state index in [4.69, 9.17) is 14.5 Å². The summed E-state index contributed by atoms with van der Waals surface area (Å²) < 4.78 is 10.6. The smallest absolute Gasteiger partial charge is 0.255 e. The van der Waals surface area contributed by atoms with Gasteiger partial charge in [0.2, 0.25) is 5.95 Å². The van der Waals surface area contributed by atoms with Gasteiger partial charge in [0.05, 0.1) is 26.0 Å². The number of aromatic amines is 1. The quantitative estimate of drug-likeness (QED) is 0.808. The number of carbonyl (C=O) groups excluding carboxylic acids is 1. The van der Waals surface area contributed by atoms with Gasteiger partial charge in [-0.15, -0.1) is 0 Å². The molecular formula is C23H28N4O4. The molecule has 2 aliphatic heterocycles. The average Bonchev–Trinajstić information content (AvgIpc) is 3.18. The van der Waals surface area contributed by atoms with E-state index in [0.29, 0.717) is 37.8 Å². The Balaban J connectivity index is 1.34. The Kier molecular flexibility index (Phi) is 5.17. The van der Waals surface area contributed by atoms with Crippen LogP contribution in [-0.2, 0) is 16.6 Å². The van der Waals surface area contributed by atoms with Gasteiger partial charge in [0.1, 0.15) is 5.75 Å². The molecule has 1 amide bonds. The van der Waals surface area contributed by atoms with Crippen molar-refractivity contribution >= 4 is 11.9 Å². The Morgan fingerprint density at radius 2 is 1.81 bits per heavy atom. The first-order valence-corrected chi connectivity index (χ1v) is 11.0. The molecule has 164 valence electrons. The summed E-state index contributed by atoms with van der Waals surface area (Å²) in [5.74, 6) is 1.44. The zero-order valence-corrected chi connectivity index (χ0v) is 17.9. The third-order valence-electron chi connectivity index (χ3n) is 7.01. The monoisotopic (exact) mass is 424 g/mol. The molecule has 8 nitrogen and oxygen atoms in total. The number of amides is 1. The fourth-order valence-corrected chi connectivity index (χ4v) is 5.10. The largest absolute Gasteiger partial charge is 0.497 e. The number of piperidine rings is 1. The number of aromatic nitrogens is 2. The first kappa shape index (κ1) is 20.1. The molecule has 1 aromatic heterocycles. The number of benzene rings is 1. The number of morpholine rings is 1. The van der Waals surface area contributed by atoms with Crippen molar-refractivity contribution in [3.05, 3.63) is 51.4 Å². The predicted octanol–water partition coefficient (Wildman–Crippen LogP) is 1.74. The van der Waals surface area contributed by atoms with E-state index >= 15 is 0 Å². The maximum Gasteiger partial charge on any atom is 0.255 e. The van der Waals surface area contributed by atoms with Crippen LogP contribution in [0, 0.1) is 0 Å². The number of H-pyrrole nitrogens is 1. The van der Waals surface area contributed by atoms with Gasteiger partial charge in [0, 0.05) is 42.7 Å². The highest BCUT2D eigenvalue weighted by Gasteiger charge is 2.45. The molecule has 3 heterocycles. The number of anilines is 1. The fraction of sp³-hybridized carbons (Fsp3) is 0.522. The number of hydrogen-bond acceptors (Lipinski definition) is 6. The highest BCUT2D eigenvalue weighted by atomic mass is 16.5. The van der Waals surface area contributed by atoms with Crippen molar-refractivity contribution in [3.8, 4) is 5.75 Å². The molecule has 1 spiro atoms. The molecule has 31 heavy (non-hydrogen) atoms. The summed E-state index contributed by atoms with van der Waals surface area (Å²) in [4.78, 5) is 37.7. The van der Waals surface area contributed by atoms with Crippen molar-refractivity contribution in [1.82, 2.24) is 14.9 Å². The van der Waals surface area contributed by atoms with Crippen LogP contribution in [0.1, 0.15) is 40.9 Å². The second-order valence-electron chi connectivity index (χ2n) is 8.62. The Morgan fingerprint density at radius 3 is 2.48 bits per heavy atom. The zero-order valence-electron chi connectivity index (χ0n) is 17.9. The van der Waals surface area contributed by atoms with E-state index in [1.165, 1.54) is 0 Å². The Bertz CT molecular complexity index is 1020. The summed E-state index contributed by atoms with van der Waals surface area (Å²) in [6.45, 7) is 4.11. The van der Waals surface area contributed by atoms with Gasteiger partial charge < -0.3 is 19.3 Å². The number of ether oxygens (including phenoxy) is 2. The highest BCUT2D eigenvalue weighted by Crippen LogP contribution is 2.44. The summed E-state index contributed by atoms with van der Waals surface area (Å²) in [6.07, 6.45) is 3.35. The molecule has 0 saturated carbocycles. The van der Waals surface area contributed by atoms with Crippen LogP contribution in [0.15, 0.2) is 29.1 Å². The summed E-state index contributed by atoms with van der Waals surface area (Å²) in [5, 5.41) is 0. The molecule has 2 saturated heterocycles. The van der Waals surface area contributed by atoms with Gasteiger partial charge in [-0.3, -0.25) is 14.6 Å². The highest BCUT2D eigenvalue weighted by molar-refractivity contribution is 5.94. The van der Waals surface area contributed by atoms with Gasteiger partial charge in [-0.2, -0.15) is 0 Å². The fourth-order valence-electron chi connectivity index (χ4n) is 5.10. The molecular weight excluding hydrogens is 396 g/mol. The van der Waals surface area contributed by atoms with Crippen LogP contribution in [0.4, 0.5) is 5.95 Å². The van der Waals surface area contributed by atoms with Crippen LogP contribution >= 0.6 is 0 Å². The lowest BCUT2D eigenvalue weighted by Crippen LogP contribution is -2.45. The van der Waals surface area contributed by atoms with Crippen molar-refractivity contribution in [2.45, 2.75) is 31.1 Å². The number of nitrogens with one attached hydrogen (secondary N) is 1. The SMILES string of the molecule is COc1ccc(C(=O)N2CCC3(CCc4c3nc(N3CCOCC3)[nH]c4=O)CC2)cc1. The van der Waals surface area contributed by atoms with Gasteiger partial charge in [0.25, 0.3) is 11.5 Å². The third-order valence-corrected chi connectivity index (χ3v) is 7.01. The van der Waals surface area contributed by atoms with E-state index < -0.39 is 0 Å². The number of hydrogen-bond donors (Lipinski definition) is 1. The number of fused-ring (bicyclic) bond motifs is 2. The lowest BCUT2D eigenvalue weighted by atomic mass is 9.76. The van der Waals surface area contributed by atoms with E-state index in [1.54, 1.807) is 7.11 Å². The van der Waals surface area contributed by atoms with Crippen LogP contribution < -0.4 is 15.2 Å². The van der Waals surface area contributed by atoms with E-state index in [2.05, 4.69) is 9.88 Å².